The lowest BCUT2D eigenvalue weighted by Gasteiger charge is -2.06. The molecule has 21 heavy (non-hydrogen) atoms. The number of nitrogen functional groups attached to an aromatic ring is 1. The molecule has 0 spiro atoms. The van der Waals surface area contributed by atoms with Gasteiger partial charge in [0.2, 0.25) is 5.95 Å². The molecule has 8 nitrogen and oxygen atoms in total. The van der Waals surface area contributed by atoms with E-state index in [4.69, 9.17) is 10.5 Å². The molecular formula is C13H15N5O3. The Hall–Kier alpha value is -2.64. The van der Waals surface area contributed by atoms with Gasteiger partial charge in [-0.25, -0.2) is 9.78 Å². The number of carbonyl (C=O) groups excluding carboxylic acids is 1. The summed E-state index contributed by atoms with van der Waals surface area (Å²) >= 11 is 0. The normalized spacial score (nSPS) is 13.2. The predicted molar refractivity (Wildman–Crippen MR) is 74.4 cm³/mol. The minimum absolute atomic E-state index is 0.0922. The summed E-state index contributed by atoms with van der Waals surface area (Å²) in [6.45, 7) is 1.95. The number of esters is 1. The van der Waals surface area contributed by atoms with Gasteiger partial charge in [0.25, 0.3) is 5.56 Å². The number of aromatic amines is 1. The maximum atomic E-state index is 12.0. The van der Waals surface area contributed by atoms with E-state index in [1.807, 2.05) is 0 Å². The SMILES string of the molecule is CCOC(=O)c1cnn(-c2nc3c(c(=O)[nH]2)CCC3)c1N. The Kier molecular flexibility index (Phi) is 3.20. The summed E-state index contributed by atoms with van der Waals surface area (Å²) in [6.07, 6.45) is 3.72. The number of ether oxygens (including phenoxy) is 1. The fraction of sp³-hybridized carbons (Fsp3) is 0.385. The van der Waals surface area contributed by atoms with Crippen LogP contribution in [0, 0.1) is 0 Å². The molecule has 0 aliphatic heterocycles. The molecule has 0 fully saturated rings. The molecule has 0 aromatic carbocycles. The van der Waals surface area contributed by atoms with E-state index in [0.29, 0.717) is 0 Å². The smallest absolute Gasteiger partial charge is 0.343 e. The fourth-order valence-electron chi connectivity index (χ4n) is 2.42. The molecule has 2 aromatic rings. The van der Waals surface area contributed by atoms with Crippen molar-refractivity contribution in [2.24, 2.45) is 0 Å². The minimum atomic E-state index is -0.551. The number of nitrogens with two attached hydrogens (primary N) is 1. The van der Waals surface area contributed by atoms with E-state index < -0.39 is 5.97 Å². The van der Waals surface area contributed by atoms with Crippen molar-refractivity contribution >= 4 is 11.8 Å². The Morgan fingerprint density at radius 3 is 3.10 bits per heavy atom. The lowest BCUT2D eigenvalue weighted by molar-refractivity contribution is 0.0527. The zero-order valence-corrected chi connectivity index (χ0v) is 11.5. The lowest BCUT2D eigenvalue weighted by Crippen LogP contribution is -2.19. The van der Waals surface area contributed by atoms with Gasteiger partial charge >= 0.3 is 5.97 Å². The topological polar surface area (TPSA) is 116 Å². The van der Waals surface area contributed by atoms with Crippen LogP contribution in [-0.2, 0) is 17.6 Å². The number of nitrogens with zero attached hydrogens (tertiary/aromatic N) is 3. The molecule has 0 saturated carbocycles. The second-order valence-corrected chi connectivity index (χ2v) is 4.74. The summed E-state index contributed by atoms with van der Waals surface area (Å²) in [5.74, 6) is -0.243. The molecule has 0 amide bonds. The number of hydrogen-bond acceptors (Lipinski definition) is 6. The van der Waals surface area contributed by atoms with E-state index in [9.17, 15) is 9.59 Å². The number of anilines is 1. The number of carbonyl (C=O) groups is 1. The Balaban J connectivity index is 2.04. The Morgan fingerprint density at radius 2 is 2.33 bits per heavy atom. The van der Waals surface area contributed by atoms with Gasteiger partial charge in [-0.05, 0) is 26.2 Å². The number of aromatic nitrogens is 4. The highest BCUT2D eigenvalue weighted by Crippen LogP contribution is 2.19. The van der Waals surface area contributed by atoms with Crippen molar-refractivity contribution in [2.75, 3.05) is 12.3 Å². The van der Waals surface area contributed by atoms with Gasteiger partial charge in [0, 0.05) is 5.56 Å². The average molecular weight is 289 g/mol. The van der Waals surface area contributed by atoms with Crippen LogP contribution >= 0.6 is 0 Å². The summed E-state index contributed by atoms with van der Waals surface area (Å²) in [5, 5.41) is 4.01. The van der Waals surface area contributed by atoms with Crippen molar-refractivity contribution in [3.63, 3.8) is 0 Å². The molecule has 0 atom stereocenters. The molecule has 3 N–H and O–H groups in total. The van der Waals surface area contributed by atoms with Crippen LogP contribution in [0.5, 0.6) is 0 Å². The number of hydrogen-bond donors (Lipinski definition) is 2. The molecule has 1 aliphatic carbocycles. The summed E-state index contributed by atoms with van der Waals surface area (Å²) < 4.78 is 6.13. The van der Waals surface area contributed by atoms with E-state index in [1.165, 1.54) is 10.9 Å². The molecule has 2 aromatic heterocycles. The van der Waals surface area contributed by atoms with E-state index in [-0.39, 0.29) is 29.5 Å². The van der Waals surface area contributed by atoms with Crippen molar-refractivity contribution in [3.8, 4) is 5.95 Å². The van der Waals surface area contributed by atoms with Crippen molar-refractivity contribution in [2.45, 2.75) is 26.2 Å². The van der Waals surface area contributed by atoms with Gasteiger partial charge < -0.3 is 10.5 Å². The summed E-state index contributed by atoms with van der Waals surface area (Å²) in [4.78, 5) is 30.7. The predicted octanol–water partition coefficient (Wildman–Crippen LogP) is 0.203. The van der Waals surface area contributed by atoms with Gasteiger partial charge in [-0.15, -0.1) is 0 Å². The highest BCUT2D eigenvalue weighted by molar-refractivity contribution is 5.94. The van der Waals surface area contributed by atoms with Crippen LogP contribution in [0.2, 0.25) is 0 Å². The zero-order valence-electron chi connectivity index (χ0n) is 11.5. The van der Waals surface area contributed by atoms with Crippen LogP contribution in [0.3, 0.4) is 0 Å². The Morgan fingerprint density at radius 1 is 1.52 bits per heavy atom. The second-order valence-electron chi connectivity index (χ2n) is 4.74. The molecule has 8 heteroatoms. The molecule has 0 bridgehead atoms. The van der Waals surface area contributed by atoms with Crippen molar-refractivity contribution in [1.29, 1.82) is 0 Å². The number of fused-ring (bicyclic) bond motifs is 1. The van der Waals surface area contributed by atoms with Gasteiger partial charge in [0.1, 0.15) is 11.4 Å². The number of H-pyrrole nitrogens is 1. The van der Waals surface area contributed by atoms with E-state index in [0.717, 1.165) is 30.5 Å². The van der Waals surface area contributed by atoms with Gasteiger partial charge in [-0.3, -0.25) is 9.78 Å². The van der Waals surface area contributed by atoms with Crippen LogP contribution in [0.15, 0.2) is 11.0 Å². The first kappa shape index (κ1) is 13.3. The van der Waals surface area contributed by atoms with Crippen LogP contribution in [0.1, 0.15) is 35.0 Å². The molecule has 2 heterocycles. The third-order valence-corrected chi connectivity index (χ3v) is 3.43. The maximum absolute atomic E-state index is 12.0. The van der Waals surface area contributed by atoms with Gasteiger partial charge in [0.15, 0.2) is 0 Å². The molecule has 3 rings (SSSR count). The van der Waals surface area contributed by atoms with Crippen LogP contribution in [-0.4, -0.2) is 32.3 Å². The van der Waals surface area contributed by atoms with Crippen molar-refractivity contribution < 1.29 is 9.53 Å². The Labute approximate surface area is 119 Å². The number of rotatable bonds is 3. The van der Waals surface area contributed by atoms with Crippen molar-refractivity contribution in [1.82, 2.24) is 19.7 Å². The summed E-state index contributed by atoms with van der Waals surface area (Å²) in [7, 11) is 0. The first-order valence-electron chi connectivity index (χ1n) is 6.75. The van der Waals surface area contributed by atoms with Gasteiger partial charge in [-0.2, -0.15) is 9.78 Å². The van der Waals surface area contributed by atoms with Crippen LogP contribution < -0.4 is 11.3 Å². The third kappa shape index (κ3) is 2.18. The lowest BCUT2D eigenvalue weighted by atomic mass is 10.3. The summed E-state index contributed by atoms with van der Waals surface area (Å²) in [6, 6.07) is 0. The van der Waals surface area contributed by atoms with Crippen molar-refractivity contribution in [3.05, 3.63) is 33.4 Å². The first-order valence-corrected chi connectivity index (χ1v) is 6.75. The van der Waals surface area contributed by atoms with Crippen LogP contribution in [0.4, 0.5) is 5.82 Å². The highest BCUT2D eigenvalue weighted by Gasteiger charge is 2.21. The van der Waals surface area contributed by atoms with E-state index in [2.05, 4.69) is 15.1 Å². The number of aryl methyl sites for hydroxylation is 1. The fourth-order valence-corrected chi connectivity index (χ4v) is 2.42. The van der Waals surface area contributed by atoms with Crippen LogP contribution in [0.25, 0.3) is 5.95 Å². The second kappa shape index (κ2) is 5.04. The molecule has 1 aliphatic rings. The highest BCUT2D eigenvalue weighted by atomic mass is 16.5. The third-order valence-electron chi connectivity index (χ3n) is 3.43. The monoisotopic (exact) mass is 289 g/mol. The molecule has 0 unspecified atom stereocenters. The van der Waals surface area contributed by atoms with E-state index in [1.54, 1.807) is 6.92 Å². The maximum Gasteiger partial charge on any atom is 0.343 e. The standard InChI is InChI=1S/C13H15N5O3/c1-2-21-12(20)8-6-15-18(10(8)14)13-16-9-5-3-4-7(9)11(19)17-13/h6H,2-5,14H2,1H3,(H,16,17,19). The van der Waals surface area contributed by atoms with E-state index >= 15 is 0 Å². The van der Waals surface area contributed by atoms with Gasteiger partial charge in [0.05, 0.1) is 18.5 Å². The average Bonchev–Trinajstić information content (AvgIpc) is 3.05. The van der Waals surface area contributed by atoms with Gasteiger partial charge in [-0.1, -0.05) is 0 Å². The number of nitrogens with one attached hydrogen (secondary N) is 1. The Bertz CT molecular complexity index is 762. The quantitative estimate of drug-likeness (QED) is 0.780. The molecule has 0 saturated heterocycles. The zero-order chi connectivity index (χ0) is 15.0. The molecular weight excluding hydrogens is 274 g/mol. The molecule has 110 valence electrons. The molecule has 0 radical (unpaired) electrons. The largest absolute Gasteiger partial charge is 0.462 e. The minimum Gasteiger partial charge on any atom is -0.462 e. The summed E-state index contributed by atoms with van der Waals surface area (Å²) in [5.41, 5.74) is 7.35. The first-order chi connectivity index (χ1) is 10.1.